The standard InChI is InChI=1S/C22H23F2N3O2/c1-14(16-9-8-15(23)12-18(16)24)25-20(28)13-27-21(29)26-19-7-3-2-6-17(19)22(27)10-4-5-11-22/h2-3,6-9,12,14H,4-5,10-11,13H2,1H3,(H,25,28)(H,26,29)/t14-/m0/s1. The second-order valence-corrected chi connectivity index (χ2v) is 7.76. The summed E-state index contributed by atoms with van der Waals surface area (Å²) in [5.74, 6) is -1.77. The highest BCUT2D eigenvalue weighted by Crippen LogP contribution is 2.48. The van der Waals surface area contributed by atoms with Gasteiger partial charge in [0.25, 0.3) is 0 Å². The first-order valence-corrected chi connectivity index (χ1v) is 9.83. The zero-order valence-electron chi connectivity index (χ0n) is 16.2. The predicted molar refractivity (Wildman–Crippen MR) is 105 cm³/mol. The molecule has 1 heterocycles. The molecule has 1 spiro atoms. The van der Waals surface area contributed by atoms with Crippen molar-refractivity contribution in [1.82, 2.24) is 10.2 Å². The van der Waals surface area contributed by atoms with Crippen LogP contribution in [0.2, 0.25) is 0 Å². The number of nitrogens with zero attached hydrogens (tertiary/aromatic N) is 1. The second-order valence-electron chi connectivity index (χ2n) is 7.76. The van der Waals surface area contributed by atoms with Gasteiger partial charge in [0.05, 0.1) is 11.6 Å². The number of hydrogen-bond acceptors (Lipinski definition) is 2. The van der Waals surface area contributed by atoms with Crippen molar-refractivity contribution in [3.05, 3.63) is 65.2 Å². The zero-order valence-corrected chi connectivity index (χ0v) is 16.2. The van der Waals surface area contributed by atoms with Gasteiger partial charge in [-0.05, 0) is 31.9 Å². The number of nitrogens with one attached hydrogen (secondary N) is 2. The van der Waals surface area contributed by atoms with Crippen LogP contribution in [-0.4, -0.2) is 23.4 Å². The molecule has 1 saturated carbocycles. The molecule has 4 rings (SSSR count). The molecular formula is C22H23F2N3O2. The maximum Gasteiger partial charge on any atom is 0.323 e. The number of rotatable bonds is 4. The van der Waals surface area contributed by atoms with Crippen LogP contribution in [0.1, 0.15) is 49.8 Å². The minimum Gasteiger partial charge on any atom is -0.348 e. The molecule has 2 aromatic carbocycles. The maximum atomic E-state index is 14.0. The van der Waals surface area contributed by atoms with E-state index in [-0.39, 0.29) is 24.0 Å². The Hall–Kier alpha value is -2.96. The Morgan fingerprint density at radius 3 is 2.66 bits per heavy atom. The number of carbonyl (C=O) groups excluding carboxylic acids is 2. The summed E-state index contributed by atoms with van der Waals surface area (Å²) in [6.07, 6.45) is 3.56. The lowest BCUT2D eigenvalue weighted by atomic mass is 9.83. The third kappa shape index (κ3) is 3.45. The highest BCUT2D eigenvalue weighted by atomic mass is 19.1. The molecular weight excluding hydrogens is 376 g/mol. The van der Waals surface area contributed by atoms with Crippen LogP contribution in [-0.2, 0) is 10.3 Å². The summed E-state index contributed by atoms with van der Waals surface area (Å²) in [6.45, 7) is 1.50. The van der Waals surface area contributed by atoms with E-state index in [2.05, 4.69) is 10.6 Å². The summed E-state index contributed by atoms with van der Waals surface area (Å²) in [4.78, 5) is 27.2. The van der Waals surface area contributed by atoms with Gasteiger partial charge in [-0.3, -0.25) is 4.79 Å². The lowest BCUT2D eigenvalue weighted by Crippen LogP contribution is -2.56. The summed E-state index contributed by atoms with van der Waals surface area (Å²) in [5, 5.41) is 5.60. The van der Waals surface area contributed by atoms with Gasteiger partial charge in [0.15, 0.2) is 0 Å². The highest BCUT2D eigenvalue weighted by Gasteiger charge is 2.48. The SMILES string of the molecule is C[C@H](NC(=O)CN1C(=O)Nc2ccccc2C12CCCC2)c1ccc(F)cc1F. The average Bonchev–Trinajstić information content (AvgIpc) is 3.15. The first-order valence-electron chi connectivity index (χ1n) is 9.83. The van der Waals surface area contributed by atoms with Crippen LogP contribution in [0.25, 0.3) is 0 Å². The third-order valence-corrected chi connectivity index (χ3v) is 5.97. The van der Waals surface area contributed by atoms with E-state index in [1.165, 1.54) is 6.07 Å². The van der Waals surface area contributed by atoms with E-state index in [1.807, 2.05) is 24.3 Å². The Bertz CT molecular complexity index is 957. The normalized spacial score (nSPS) is 18.3. The number of amides is 3. The Kier molecular flexibility index (Phi) is 4.98. The van der Waals surface area contributed by atoms with Crippen molar-refractivity contribution in [3.63, 3.8) is 0 Å². The number of anilines is 1. The molecule has 0 aromatic heterocycles. The minimum absolute atomic E-state index is 0.132. The Labute approximate surface area is 168 Å². The van der Waals surface area contributed by atoms with E-state index in [1.54, 1.807) is 11.8 Å². The molecule has 1 aliphatic carbocycles. The Balaban J connectivity index is 1.55. The molecule has 152 valence electrons. The molecule has 7 heteroatoms. The molecule has 2 N–H and O–H groups in total. The third-order valence-electron chi connectivity index (χ3n) is 5.97. The van der Waals surface area contributed by atoms with Gasteiger partial charge in [0.1, 0.15) is 18.2 Å². The van der Waals surface area contributed by atoms with Crippen LogP contribution in [0.3, 0.4) is 0 Å². The molecule has 3 amide bonds. The topological polar surface area (TPSA) is 61.4 Å². The molecule has 0 bridgehead atoms. The Morgan fingerprint density at radius 1 is 1.21 bits per heavy atom. The fourth-order valence-corrected chi connectivity index (χ4v) is 4.60. The summed E-state index contributed by atoms with van der Waals surface area (Å²) in [7, 11) is 0. The van der Waals surface area contributed by atoms with Crippen LogP contribution in [0.5, 0.6) is 0 Å². The molecule has 5 nitrogen and oxygen atoms in total. The van der Waals surface area contributed by atoms with Crippen molar-refractivity contribution in [1.29, 1.82) is 0 Å². The smallest absolute Gasteiger partial charge is 0.323 e. The number of para-hydroxylation sites is 1. The van der Waals surface area contributed by atoms with Crippen molar-refractivity contribution in [2.45, 2.75) is 44.2 Å². The van der Waals surface area contributed by atoms with Crippen LogP contribution in [0, 0.1) is 11.6 Å². The van der Waals surface area contributed by atoms with Gasteiger partial charge in [0, 0.05) is 22.9 Å². The van der Waals surface area contributed by atoms with E-state index in [0.29, 0.717) is 0 Å². The van der Waals surface area contributed by atoms with E-state index < -0.39 is 23.2 Å². The summed E-state index contributed by atoms with van der Waals surface area (Å²) in [6, 6.07) is 10.0. The maximum absolute atomic E-state index is 14.0. The molecule has 0 saturated heterocycles. The van der Waals surface area contributed by atoms with E-state index in [0.717, 1.165) is 49.1 Å². The summed E-state index contributed by atoms with van der Waals surface area (Å²) >= 11 is 0. The lowest BCUT2D eigenvalue weighted by molar-refractivity contribution is -0.123. The number of halogens is 2. The van der Waals surface area contributed by atoms with Crippen LogP contribution < -0.4 is 10.6 Å². The predicted octanol–water partition coefficient (Wildman–Crippen LogP) is 4.46. The van der Waals surface area contributed by atoms with Gasteiger partial charge < -0.3 is 15.5 Å². The van der Waals surface area contributed by atoms with Gasteiger partial charge in [-0.15, -0.1) is 0 Å². The van der Waals surface area contributed by atoms with Gasteiger partial charge in [-0.2, -0.15) is 0 Å². The number of benzene rings is 2. The minimum atomic E-state index is -0.713. The second kappa shape index (κ2) is 7.46. The molecule has 0 radical (unpaired) electrons. The van der Waals surface area contributed by atoms with Crippen molar-refractivity contribution in [2.75, 3.05) is 11.9 Å². The van der Waals surface area contributed by atoms with Gasteiger partial charge in [-0.1, -0.05) is 37.1 Å². The summed E-state index contributed by atoms with van der Waals surface area (Å²) < 4.78 is 27.1. The van der Waals surface area contributed by atoms with Crippen LogP contribution >= 0.6 is 0 Å². The summed E-state index contributed by atoms with van der Waals surface area (Å²) in [5.41, 5.74) is 1.52. The van der Waals surface area contributed by atoms with Gasteiger partial charge in [-0.25, -0.2) is 13.6 Å². The molecule has 1 atom stereocenters. The Morgan fingerprint density at radius 2 is 1.93 bits per heavy atom. The average molecular weight is 399 g/mol. The number of fused-ring (bicyclic) bond motifs is 2. The number of urea groups is 1. The zero-order chi connectivity index (χ0) is 20.6. The van der Waals surface area contributed by atoms with Gasteiger partial charge >= 0.3 is 6.03 Å². The fourth-order valence-electron chi connectivity index (χ4n) is 4.60. The molecule has 2 aliphatic rings. The van der Waals surface area contributed by atoms with Crippen molar-refractivity contribution < 1.29 is 18.4 Å². The largest absolute Gasteiger partial charge is 0.348 e. The quantitative estimate of drug-likeness (QED) is 0.798. The molecule has 2 aromatic rings. The van der Waals surface area contributed by atoms with Crippen LogP contribution in [0.4, 0.5) is 19.3 Å². The monoisotopic (exact) mass is 399 g/mol. The molecule has 29 heavy (non-hydrogen) atoms. The van der Waals surface area contributed by atoms with Crippen LogP contribution in [0.15, 0.2) is 42.5 Å². The number of carbonyl (C=O) groups is 2. The first kappa shape index (κ1) is 19.4. The van der Waals surface area contributed by atoms with Crippen molar-refractivity contribution in [3.8, 4) is 0 Å². The van der Waals surface area contributed by atoms with Gasteiger partial charge in [0.2, 0.25) is 5.91 Å². The van der Waals surface area contributed by atoms with E-state index >= 15 is 0 Å². The van der Waals surface area contributed by atoms with Crippen molar-refractivity contribution in [2.24, 2.45) is 0 Å². The molecule has 1 aliphatic heterocycles. The molecule has 0 unspecified atom stereocenters. The van der Waals surface area contributed by atoms with Crippen molar-refractivity contribution >= 4 is 17.6 Å². The van der Waals surface area contributed by atoms with E-state index in [4.69, 9.17) is 0 Å². The lowest BCUT2D eigenvalue weighted by Gasteiger charge is -2.45. The highest BCUT2D eigenvalue weighted by molar-refractivity contribution is 5.96. The molecule has 1 fully saturated rings. The fraction of sp³-hybridized carbons (Fsp3) is 0.364. The van der Waals surface area contributed by atoms with E-state index in [9.17, 15) is 18.4 Å². The first-order chi connectivity index (χ1) is 13.9. The number of hydrogen-bond donors (Lipinski definition) is 2.